The lowest BCUT2D eigenvalue weighted by atomic mass is 10.1. The number of carbonyl (C=O) groups excluding carboxylic acids is 1. The maximum atomic E-state index is 13.4. The highest BCUT2D eigenvalue weighted by Gasteiger charge is 2.27. The van der Waals surface area contributed by atoms with Crippen molar-refractivity contribution in [1.29, 1.82) is 0 Å². The quantitative estimate of drug-likeness (QED) is 0.636. The standard InChI is InChI=1S/C22H24N2O2S/c1-14-6-4-7-17(12-14)21(25)24(13-18-8-5-11-26-18)22-23-19-15(2)9-10-16(3)20(19)27-22/h4,6-7,9-10,12,18H,5,8,11,13H2,1-3H3. The number of carbonyl (C=O) groups is 1. The summed E-state index contributed by atoms with van der Waals surface area (Å²) in [6, 6.07) is 12.0. The van der Waals surface area contributed by atoms with Gasteiger partial charge in [0.05, 0.1) is 22.9 Å². The number of hydrogen-bond acceptors (Lipinski definition) is 4. The molecule has 2 aromatic carbocycles. The summed E-state index contributed by atoms with van der Waals surface area (Å²) in [6.07, 6.45) is 2.11. The van der Waals surface area contributed by atoms with Crippen LogP contribution in [0.1, 0.15) is 39.9 Å². The number of nitrogens with zero attached hydrogens (tertiary/aromatic N) is 2. The lowest BCUT2D eigenvalue weighted by Gasteiger charge is -2.23. The van der Waals surface area contributed by atoms with Gasteiger partial charge < -0.3 is 4.74 Å². The van der Waals surface area contributed by atoms with Gasteiger partial charge in [0.25, 0.3) is 5.91 Å². The predicted molar refractivity (Wildman–Crippen MR) is 111 cm³/mol. The van der Waals surface area contributed by atoms with Crippen molar-refractivity contribution in [3.63, 3.8) is 0 Å². The third-order valence-corrected chi connectivity index (χ3v) is 6.30. The van der Waals surface area contributed by atoms with E-state index in [0.717, 1.165) is 45.9 Å². The van der Waals surface area contributed by atoms with Gasteiger partial charge in [0, 0.05) is 12.2 Å². The first-order valence-corrected chi connectivity index (χ1v) is 10.2. The molecule has 27 heavy (non-hydrogen) atoms. The number of benzene rings is 2. The highest BCUT2D eigenvalue weighted by molar-refractivity contribution is 7.22. The minimum atomic E-state index is -0.0106. The number of hydrogen-bond donors (Lipinski definition) is 0. The van der Waals surface area contributed by atoms with Crippen LogP contribution in [0.4, 0.5) is 5.13 Å². The molecule has 0 aliphatic carbocycles. The Labute approximate surface area is 163 Å². The molecule has 0 saturated carbocycles. The van der Waals surface area contributed by atoms with Crippen LogP contribution >= 0.6 is 11.3 Å². The topological polar surface area (TPSA) is 42.4 Å². The zero-order valence-corrected chi connectivity index (χ0v) is 16.8. The molecule has 0 N–H and O–H groups in total. The molecule has 2 heterocycles. The van der Waals surface area contributed by atoms with Gasteiger partial charge in [-0.05, 0) is 56.9 Å². The summed E-state index contributed by atoms with van der Waals surface area (Å²) < 4.78 is 6.97. The fourth-order valence-electron chi connectivity index (χ4n) is 3.54. The Morgan fingerprint density at radius 2 is 2.04 bits per heavy atom. The summed E-state index contributed by atoms with van der Waals surface area (Å²) in [5.74, 6) is -0.0106. The number of fused-ring (bicyclic) bond motifs is 1. The average Bonchev–Trinajstić information content (AvgIpc) is 3.32. The van der Waals surface area contributed by atoms with E-state index >= 15 is 0 Å². The van der Waals surface area contributed by atoms with E-state index in [1.807, 2.05) is 36.1 Å². The van der Waals surface area contributed by atoms with Crippen LogP contribution in [0.3, 0.4) is 0 Å². The van der Waals surface area contributed by atoms with Gasteiger partial charge in [-0.15, -0.1) is 0 Å². The highest BCUT2D eigenvalue weighted by Crippen LogP contribution is 2.34. The molecule has 140 valence electrons. The molecule has 1 fully saturated rings. The van der Waals surface area contributed by atoms with Crippen LogP contribution in [0.15, 0.2) is 36.4 Å². The molecule has 1 aliphatic rings. The molecule has 4 nitrogen and oxygen atoms in total. The van der Waals surface area contributed by atoms with Crippen molar-refractivity contribution in [2.24, 2.45) is 0 Å². The van der Waals surface area contributed by atoms with Gasteiger partial charge >= 0.3 is 0 Å². The van der Waals surface area contributed by atoms with E-state index in [1.165, 1.54) is 5.56 Å². The summed E-state index contributed by atoms with van der Waals surface area (Å²) in [4.78, 5) is 20.0. The summed E-state index contributed by atoms with van der Waals surface area (Å²) in [6.45, 7) is 7.49. The van der Waals surface area contributed by atoms with Crippen molar-refractivity contribution in [2.75, 3.05) is 18.1 Å². The van der Waals surface area contributed by atoms with Crippen molar-refractivity contribution < 1.29 is 9.53 Å². The molecule has 1 aromatic heterocycles. The zero-order chi connectivity index (χ0) is 19.0. The molecule has 1 saturated heterocycles. The third kappa shape index (κ3) is 3.62. The van der Waals surface area contributed by atoms with Crippen LogP contribution in [0, 0.1) is 20.8 Å². The van der Waals surface area contributed by atoms with E-state index in [2.05, 4.69) is 26.0 Å². The van der Waals surface area contributed by atoms with Gasteiger partial charge in [0.15, 0.2) is 5.13 Å². The lowest BCUT2D eigenvalue weighted by Crippen LogP contribution is -2.37. The normalized spacial score (nSPS) is 16.8. The van der Waals surface area contributed by atoms with Crippen molar-refractivity contribution >= 4 is 32.6 Å². The summed E-state index contributed by atoms with van der Waals surface area (Å²) in [7, 11) is 0. The van der Waals surface area contributed by atoms with Crippen LogP contribution < -0.4 is 4.90 Å². The maximum Gasteiger partial charge on any atom is 0.260 e. The summed E-state index contributed by atoms with van der Waals surface area (Å²) in [5.41, 5.74) is 5.09. The van der Waals surface area contributed by atoms with E-state index in [4.69, 9.17) is 9.72 Å². The minimum absolute atomic E-state index is 0.0106. The second-order valence-corrected chi connectivity index (χ2v) is 8.27. The minimum Gasteiger partial charge on any atom is -0.376 e. The van der Waals surface area contributed by atoms with Crippen molar-refractivity contribution in [3.05, 3.63) is 58.7 Å². The third-order valence-electron chi connectivity index (χ3n) is 5.08. The van der Waals surface area contributed by atoms with E-state index in [0.29, 0.717) is 12.1 Å². The molecule has 5 heteroatoms. The first-order valence-electron chi connectivity index (χ1n) is 9.40. The molecule has 3 aromatic rings. The Hall–Kier alpha value is -2.24. The molecule has 0 spiro atoms. The van der Waals surface area contributed by atoms with Gasteiger partial charge in [0.2, 0.25) is 0 Å². The van der Waals surface area contributed by atoms with Crippen LogP contribution in [0.2, 0.25) is 0 Å². The Kier molecular flexibility index (Phi) is 4.98. The summed E-state index contributed by atoms with van der Waals surface area (Å²) in [5, 5.41) is 0.754. The fraction of sp³-hybridized carbons (Fsp3) is 0.364. The van der Waals surface area contributed by atoms with E-state index in [1.54, 1.807) is 11.3 Å². The Morgan fingerprint density at radius 1 is 1.22 bits per heavy atom. The molecule has 4 rings (SSSR count). The Balaban J connectivity index is 1.76. The number of rotatable bonds is 4. The van der Waals surface area contributed by atoms with E-state index < -0.39 is 0 Å². The molecule has 1 amide bonds. The summed E-state index contributed by atoms with van der Waals surface area (Å²) >= 11 is 1.60. The van der Waals surface area contributed by atoms with Crippen LogP contribution in [0.5, 0.6) is 0 Å². The van der Waals surface area contributed by atoms with Gasteiger partial charge in [-0.25, -0.2) is 4.98 Å². The van der Waals surface area contributed by atoms with Gasteiger partial charge in [-0.1, -0.05) is 41.2 Å². The first kappa shape index (κ1) is 18.1. The highest BCUT2D eigenvalue weighted by atomic mass is 32.1. The number of amides is 1. The average molecular weight is 381 g/mol. The largest absolute Gasteiger partial charge is 0.376 e. The molecular weight excluding hydrogens is 356 g/mol. The smallest absolute Gasteiger partial charge is 0.260 e. The predicted octanol–water partition coefficient (Wildman–Crippen LogP) is 5.05. The Morgan fingerprint density at radius 3 is 2.74 bits per heavy atom. The second kappa shape index (κ2) is 7.41. The number of aromatic nitrogens is 1. The monoisotopic (exact) mass is 380 g/mol. The number of thiazole rings is 1. The molecule has 1 aliphatic heterocycles. The van der Waals surface area contributed by atoms with Crippen molar-refractivity contribution in [2.45, 2.75) is 39.7 Å². The molecular formula is C22H24N2O2S. The number of aryl methyl sites for hydroxylation is 3. The number of anilines is 1. The van der Waals surface area contributed by atoms with Gasteiger partial charge in [0.1, 0.15) is 0 Å². The molecule has 1 atom stereocenters. The van der Waals surface area contributed by atoms with Crippen molar-refractivity contribution in [3.8, 4) is 0 Å². The van der Waals surface area contributed by atoms with E-state index in [-0.39, 0.29) is 12.0 Å². The molecule has 0 bridgehead atoms. The molecule has 1 unspecified atom stereocenters. The van der Waals surface area contributed by atoms with Crippen LogP contribution in [-0.2, 0) is 4.74 Å². The fourth-order valence-corrected chi connectivity index (χ4v) is 4.66. The second-order valence-electron chi connectivity index (χ2n) is 7.29. The maximum absolute atomic E-state index is 13.4. The number of ether oxygens (including phenoxy) is 1. The lowest BCUT2D eigenvalue weighted by molar-refractivity contribution is 0.0917. The van der Waals surface area contributed by atoms with Crippen LogP contribution in [0.25, 0.3) is 10.2 Å². The zero-order valence-electron chi connectivity index (χ0n) is 16.0. The van der Waals surface area contributed by atoms with Gasteiger partial charge in [-0.3, -0.25) is 9.69 Å². The van der Waals surface area contributed by atoms with E-state index in [9.17, 15) is 4.79 Å². The first-order chi connectivity index (χ1) is 13.0. The molecule has 0 radical (unpaired) electrons. The Bertz CT molecular complexity index is 950. The van der Waals surface area contributed by atoms with Gasteiger partial charge in [-0.2, -0.15) is 0 Å². The van der Waals surface area contributed by atoms with Crippen LogP contribution in [-0.4, -0.2) is 30.1 Å². The van der Waals surface area contributed by atoms with Crippen molar-refractivity contribution in [1.82, 2.24) is 4.98 Å². The SMILES string of the molecule is Cc1cccc(C(=O)N(CC2CCCO2)c2nc3c(C)ccc(C)c3s2)c1.